The predicted molar refractivity (Wildman–Crippen MR) is 130 cm³/mol. The Hall–Kier alpha value is -0.920. The zero-order valence-electron chi connectivity index (χ0n) is 21.9. The van der Waals surface area contributed by atoms with Gasteiger partial charge in [0, 0.05) is 23.7 Å². The SMILES string of the molecule is CC1=CC[C@]2(C)C(=O)C[C@]3(C)[C@H](CC[C@@H]4[C@@]5(C)CCC(=O)C(C)(C)[C@@H]5CC[C@]43C)[C@H]2[C@@H]1C. The molecule has 0 saturated heterocycles. The zero-order valence-corrected chi connectivity index (χ0v) is 21.9. The summed E-state index contributed by atoms with van der Waals surface area (Å²) >= 11 is 0. The molecule has 32 heavy (non-hydrogen) atoms. The van der Waals surface area contributed by atoms with Crippen LogP contribution in [-0.2, 0) is 9.59 Å². The van der Waals surface area contributed by atoms with Crippen molar-refractivity contribution in [2.75, 3.05) is 0 Å². The highest BCUT2D eigenvalue weighted by molar-refractivity contribution is 5.87. The van der Waals surface area contributed by atoms with Gasteiger partial charge in [-0.05, 0) is 91.3 Å². The van der Waals surface area contributed by atoms with Crippen molar-refractivity contribution in [2.24, 2.45) is 56.7 Å². The summed E-state index contributed by atoms with van der Waals surface area (Å²) in [6, 6.07) is 0. The fraction of sp³-hybridized carbons (Fsp3) is 0.867. The van der Waals surface area contributed by atoms with Crippen molar-refractivity contribution in [1.82, 2.24) is 0 Å². The molecule has 9 atom stereocenters. The second-order valence-electron chi connectivity index (χ2n) is 14.3. The molecule has 2 nitrogen and oxygen atoms in total. The molecule has 178 valence electrons. The minimum Gasteiger partial charge on any atom is -0.299 e. The van der Waals surface area contributed by atoms with E-state index in [1.54, 1.807) is 0 Å². The van der Waals surface area contributed by atoms with Crippen LogP contribution in [0.3, 0.4) is 0 Å². The lowest BCUT2D eigenvalue weighted by molar-refractivity contribution is -0.232. The van der Waals surface area contributed by atoms with Crippen molar-refractivity contribution in [3.05, 3.63) is 11.6 Å². The van der Waals surface area contributed by atoms with Gasteiger partial charge in [-0.3, -0.25) is 9.59 Å². The minimum atomic E-state index is -0.202. The van der Waals surface area contributed by atoms with Crippen molar-refractivity contribution in [3.8, 4) is 0 Å². The second-order valence-corrected chi connectivity index (χ2v) is 14.3. The fourth-order valence-corrected chi connectivity index (χ4v) is 10.8. The van der Waals surface area contributed by atoms with Crippen molar-refractivity contribution >= 4 is 11.6 Å². The van der Waals surface area contributed by atoms with Gasteiger partial charge in [0.25, 0.3) is 0 Å². The summed E-state index contributed by atoms with van der Waals surface area (Å²) in [7, 11) is 0. The molecule has 2 heteroatoms. The minimum absolute atomic E-state index is 0.0721. The zero-order chi connectivity index (χ0) is 23.5. The molecule has 4 fully saturated rings. The maximum Gasteiger partial charge on any atom is 0.139 e. The number of ketones is 2. The van der Waals surface area contributed by atoms with Crippen LogP contribution < -0.4 is 0 Å². The first kappa shape index (κ1) is 22.9. The third-order valence-corrected chi connectivity index (χ3v) is 13.1. The quantitative estimate of drug-likeness (QED) is 0.369. The molecule has 0 aliphatic heterocycles. The van der Waals surface area contributed by atoms with Crippen LogP contribution in [0.4, 0.5) is 0 Å². The van der Waals surface area contributed by atoms with Crippen LogP contribution in [-0.4, -0.2) is 11.6 Å². The smallest absolute Gasteiger partial charge is 0.139 e. The summed E-state index contributed by atoms with van der Waals surface area (Å²) in [5.41, 5.74) is 1.60. The van der Waals surface area contributed by atoms with Crippen LogP contribution >= 0.6 is 0 Å². The monoisotopic (exact) mass is 438 g/mol. The highest BCUT2D eigenvalue weighted by Gasteiger charge is 2.71. The summed E-state index contributed by atoms with van der Waals surface area (Å²) in [6.07, 6.45) is 10.7. The van der Waals surface area contributed by atoms with E-state index >= 15 is 0 Å². The Labute approximate surface area is 196 Å². The fourth-order valence-electron chi connectivity index (χ4n) is 10.8. The molecular formula is C30H46O2. The van der Waals surface area contributed by atoms with Crippen LogP contribution in [0.5, 0.6) is 0 Å². The lowest BCUT2D eigenvalue weighted by Gasteiger charge is -2.72. The first-order chi connectivity index (χ1) is 14.7. The molecule has 0 aromatic carbocycles. The Morgan fingerprint density at radius 3 is 2.22 bits per heavy atom. The summed E-state index contributed by atoms with van der Waals surface area (Å²) < 4.78 is 0. The molecule has 4 saturated carbocycles. The maximum atomic E-state index is 13.9. The molecule has 0 unspecified atom stereocenters. The average Bonchev–Trinajstić information content (AvgIpc) is 2.70. The Morgan fingerprint density at radius 2 is 1.53 bits per heavy atom. The van der Waals surface area contributed by atoms with Gasteiger partial charge in [0.1, 0.15) is 11.6 Å². The van der Waals surface area contributed by atoms with Crippen molar-refractivity contribution in [1.29, 1.82) is 0 Å². The molecule has 0 bridgehead atoms. The Kier molecular flexibility index (Phi) is 4.71. The molecule has 5 aliphatic carbocycles. The number of Topliss-reactive ketones (excluding diaryl/α,β-unsaturated/α-hetero) is 2. The Bertz CT molecular complexity index is 897. The summed E-state index contributed by atoms with van der Waals surface area (Å²) in [5.74, 6) is 3.72. The number of allylic oxidation sites excluding steroid dienone is 2. The number of hydrogen-bond donors (Lipinski definition) is 0. The molecule has 5 aliphatic rings. The van der Waals surface area contributed by atoms with Gasteiger partial charge >= 0.3 is 0 Å². The normalized spacial score (nSPS) is 54.6. The summed E-state index contributed by atoms with van der Waals surface area (Å²) in [6.45, 7) is 19.1. The van der Waals surface area contributed by atoms with E-state index < -0.39 is 0 Å². The van der Waals surface area contributed by atoms with Gasteiger partial charge in [-0.15, -0.1) is 0 Å². The average molecular weight is 439 g/mol. The molecule has 0 aromatic heterocycles. The number of carbonyl (C=O) groups excluding carboxylic acids is 2. The van der Waals surface area contributed by atoms with Gasteiger partial charge in [0.05, 0.1) is 0 Å². The number of carbonyl (C=O) groups is 2. The maximum absolute atomic E-state index is 13.9. The second kappa shape index (κ2) is 6.60. The van der Waals surface area contributed by atoms with Gasteiger partial charge < -0.3 is 0 Å². The van der Waals surface area contributed by atoms with Crippen molar-refractivity contribution in [3.63, 3.8) is 0 Å². The number of rotatable bonds is 0. The van der Waals surface area contributed by atoms with E-state index in [0.717, 1.165) is 32.1 Å². The van der Waals surface area contributed by atoms with Crippen LogP contribution in [0.25, 0.3) is 0 Å². The predicted octanol–water partition coefficient (Wildman–Crippen LogP) is 7.41. The topological polar surface area (TPSA) is 34.1 Å². The molecule has 0 heterocycles. The molecule has 5 rings (SSSR count). The van der Waals surface area contributed by atoms with Crippen molar-refractivity contribution in [2.45, 2.75) is 107 Å². The lowest BCUT2D eigenvalue weighted by Crippen LogP contribution is -2.68. The van der Waals surface area contributed by atoms with Gasteiger partial charge in [-0.1, -0.05) is 60.1 Å². The van der Waals surface area contributed by atoms with Crippen LogP contribution in [0.15, 0.2) is 11.6 Å². The highest BCUT2D eigenvalue weighted by atomic mass is 16.1. The molecular weight excluding hydrogens is 392 g/mol. The van der Waals surface area contributed by atoms with E-state index in [1.807, 2.05) is 0 Å². The van der Waals surface area contributed by atoms with E-state index in [4.69, 9.17) is 0 Å². The van der Waals surface area contributed by atoms with Crippen LogP contribution in [0.1, 0.15) is 107 Å². The Balaban J connectivity index is 1.59. The standard InChI is InChI=1S/C30H46O2/c1-18-11-14-28(6)24(32)17-30(8)20(25(28)19(18)2)9-10-22-27(5)15-13-23(31)26(3,4)21(27)12-16-29(22,30)7/h11,19-22,25H,9-10,12-17H2,1-8H3/t19-,20-,21+,22-,25-,27+,28-,29-,30-/m1/s1. The molecule has 0 radical (unpaired) electrons. The van der Waals surface area contributed by atoms with Crippen LogP contribution in [0.2, 0.25) is 0 Å². The van der Waals surface area contributed by atoms with Gasteiger partial charge in [-0.2, -0.15) is 0 Å². The first-order valence-electron chi connectivity index (χ1n) is 13.5. The van der Waals surface area contributed by atoms with Gasteiger partial charge in [0.15, 0.2) is 0 Å². The molecule has 0 aromatic rings. The summed E-state index contributed by atoms with van der Waals surface area (Å²) in [5, 5.41) is 0. The van der Waals surface area contributed by atoms with Gasteiger partial charge in [0.2, 0.25) is 0 Å². The first-order valence-corrected chi connectivity index (χ1v) is 13.5. The van der Waals surface area contributed by atoms with Crippen LogP contribution in [0, 0.1) is 56.7 Å². The van der Waals surface area contributed by atoms with E-state index in [2.05, 4.69) is 61.5 Å². The Morgan fingerprint density at radius 1 is 0.844 bits per heavy atom. The largest absolute Gasteiger partial charge is 0.299 e. The van der Waals surface area contributed by atoms with Crippen molar-refractivity contribution < 1.29 is 9.59 Å². The van der Waals surface area contributed by atoms with E-state index in [9.17, 15) is 9.59 Å². The summed E-state index contributed by atoms with van der Waals surface area (Å²) in [4.78, 5) is 26.8. The number of fused-ring (bicyclic) bond motifs is 7. The third-order valence-electron chi connectivity index (χ3n) is 13.1. The third kappa shape index (κ3) is 2.48. The lowest BCUT2D eigenvalue weighted by atomic mass is 9.31. The van der Waals surface area contributed by atoms with E-state index in [0.29, 0.717) is 41.2 Å². The molecule has 0 N–H and O–H groups in total. The van der Waals surface area contributed by atoms with Gasteiger partial charge in [-0.25, -0.2) is 0 Å². The molecule has 0 amide bonds. The van der Waals surface area contributed by atoms with E-state index in [-0.39, 0.29) is 27.1 Å². The number of hydrogen-bond acceptors (Lipinski definition) is 2. The highest BCUT2D eigenvalue weighted by Crippen LogP contribution is 2.76. The molecule has 0 spiro atoms. The van der Waals surface area contributed by atoms with E-state index in [1.165, 1.54) is 24.8 Å².